The highest BCUT2D eigenvalue weighted by atomic mass is 32.1. The average Bonchev–Trinajstić information content (AvgIpc) is 3.24. The lowest BCUT2D eigenvalue weighted by atomic mass is 10.2. The van der Waals surface area contributed by atoms with Crippen molar-refractivity contribution in [2.45, 2.75) is 38.3 Å². The number of nitrogens with zero attached hydrogens (tertiary/aromatic N) is 3. The van der Waals surface area contributed by atoms with Crippen molar-refractivity contribution >= 4 is 32.6 Å². The lowest BCUT2D eigenvalue weighted by molar-refractivity contribution is -0.117. The fourth-order valence-electron chi connectivity index (χ4n) is 2.82. The molecule has 2 heterocycles. The minimum absolute atomic E-state index is 0.00540. The number of benzene rings is 1. The fraction of sp³-hybridized carbons (Fsp3) is 0.353. The van der Waals surface area contributed by atoms with Crippen LogP contribution in [0.15, 0.2) is 24.3 Å². The number of carbonyl (C=O) groups excluding carboxylic acids is 1. The number of anilines is 1. The van der Waals surface area contributed by atoms with Crippen molar-refractivity contribution in [3.05, 3.63) is 35.7 Å². The molecule has 148 valence electrons. The molecular weight excluding hydrogens is 400 g/mol. The van der Waals surface area contributed by atoms with Crippen LogP contribution in [0.2, 0.25) is 0 Å². The zero-order valence-electron chi connectivity index (χ0n) is 14.2. The maximum absolute atomic E-state index is 12.9. The average molecular weight is 414 g/mol. The fourth-order valence-corrected chi connectivity index (χ4v) is 3.73. The maximum Gasteiger partial charge on any atom is 0.387 e. The molecule has 0 saturated heterocycles. The molecule has 28 heavy (non-hydrogen) atoms. The van der Waals surface area contributed by atoms with Crippen LogP contribution in [0.4, 0.5) is 22.7 Å². The second kappa shape index (κ2) is 7.38. The Morgan fingerprint density at radius 2 is 2.07 bits per heavy atom. The van der Waals surface area contributed by atoms with Gasteiger partial charge in [-0.15, -0.1) is 0 Å². The van der Waals surface area contributed by atoms with E-state index in [2.05, 4.69) is 20.1 Å². The van der Waals surface area contributed by atoms with Gasteiger partial charge in [-0.1, -0.05) is 11.3 Å². The Balaban J connectivity index is 1.48. The Morgan fingerprint density at radius 3 is 2.75 bits per heavy atom. The van der Waals surface area contributed by atoms with E-state index in [1.165, 1.54) is 28.9 Å². The van der Waals surface area contributed by atoms with E-state index in [0.29, 0.717) is 15.9 Å². The molecule has 0 atom stereocenters. The molecule has 1 aliphatic rings. The number of thiazole rings is 1. The summed E-state index contributed by atoms with van der Waals surface area (Å²) in [6.07, 6.45) is -0.927. The van der Waals surface area contributed by atoms with Gasteiger partial charge < -0.3 is 10.1 Å². The Kier molecular flexibility index (Phi) is 4.92. The normalized spacial score (nSPS) is 14.2. The number of aromatic nitrogens is 3. The first kappa shape index (κ1) is 18.7. The second-order valence-electron chi connectivity index (χ2n) is 6.30. The van der Waals surface area contributed by atoms with Crippen LogP contribution in [0.1, 0.15) is 36.6 Å². The van der Waals surface area contributed by atoms with Gasteiger partial charge in [0.2, 0.25) is 5.91 Å². The van der Waals surface area contributed by atoms with Gasteiger partial charge in [-0.2, -0.15) is 13.9 Å². The van der Waals surface area contributed by atoms with Gasteiger partial charge in [0.25, 0.3) is 6.43 Å². The van der Waals surface area contributed by atoms with E-state index in [0.717, 1.165) is 24.2 Å². The summed E-state index contributed by atoms with van der Waals surface area (Å²) in [7, 11) is 0. The van der Waals surface area contributed by atoms with E-state index in [1.807, 2.05) is 0 Å². The van der Waals surface area contributed by atoms with E-state index in [4.69, 9.17) is 0 Å². The third kappa shape index (κ3) is 4.08. The van der Waals surface area contributed by atoms with Gasteiger partial charge in [-0.05, 0) is 37.1 Å². The minimum Gasteiger partial charge on any atom is -0.435 e. The number of nitrogens with one attached hydrogen (secondary N) is 1. The number of halogens is 4. The van der Waals surface area contributed by atoms with Crippen molar-refractivity contribution in [2.24, 2.45) is 0 Å². The molecule has 0 unspecified atom stereocenters. The molecule has 0 bridgehead atoms. The maximum atomic E-state index is 12.9. The predicted octanol–water partition coefficient (Wildman–Crippen LogP) is 4.55. The number of amides is 1. The lowest BCUT2D eigenvalue weighted by Crippen LogP contribution is -2.20. The highest BCUT2D eigenvalue weighted by Crippen LogP contribution is 2.41. The summed E-state index contributed by atoms with van der Waals surface area (Å²) in [6.45, 7) is -3.15. The number of alkyl halides is 4. The number of ether oxygens (including phenoxy) is 1. The smallest absolute Gasteiger partial charge is 0.387 e. The first-order chi connectivity index (χ1) is 13.4. The van der Waals surface area contributed by atoms with Crippen molar-refractivity contribution in [3.63, 3.8) is 0 Å². The molecule has 6 nitrogen and oxygen atoms in total. The quantitative estimate of drug-likeness (QED) is 0.576. The summed E-state index contributed by atoms with van der Waals surface area (Å²) in [6, 6.07) is 5.62. The molecule has 1 fully saturated rings. The number of carbonyl (C=O) groups is 1. The summed E-state index contributed by atoms with van der Waals surface area (Å²) in [5, 5.41) is 6.70. The molecule has 0 radical (unpaired) electrons. The van der Waals surface area contributed by atoms with Crippen molar-refractivity contribution in [2.75, 3.05) is 5.32 Å². The van der Waals surface area contributed by atoms with Crippen LogP contribution in [-0.2, 0) is 11.3 Å². The lowest BCUT2D eigenvalue weighted by Gasteiger charge is -2.06. The SMILES string of the molecule is O=C(Cn1nc(C(F)F)cc1C1CC1)Nc1nc2ccc(OC(F)F)cc2s1. The minimum atomic E-state index is -2.93. The third-order valence-electron chi connectivity index (χ3n) is 4.17. The predicted molar refractivity (Wildman–Crippen MR) is 94.0 cm³/mol. The van der Waals surface area contributed by atoms with Crippen molar-refractivity contribution in [1.82, 2.24) is 14.8 Å². The number of hydrogen-bond acceptors (Lipinski definition) is 5. The molecule has 1 aromatic carbocycles. The van der Waals surface area contributed by atoms with Gasteiger partial charge in [0, 0.05) is 11.6 Å². The molecule has 1 saturated carbocycles. The summed E-state index contributed by atoms with van der Waals surface area (Å²) in [5.41, 5.74) is 0.796. The van der Waals surface area contributed by atoms with E-state index < -0.39 is 18.9 Å². The zero-order valence-corrected chi connectivity index (χ0v) is 15.1. The molecule has 1 amide bonds. The molecule has 3 aromatic rings. The van der Waals surface area contributed by atoms with Crippen LogP contribution in [0, 0.1) is 0 Å². The summed E-state index contributed by atoms with van der Waals surface area (Å²) in [5.74, 6) is -0.313. The Bertz CT molecular complexity index is 1020. The van der Waals surface area contributed by atoms with Crippen LogP contribution in [0.5, 0.6) is 5.75 Å². The molecule has 0 spiro atoms. The van der Waals surface area contributed by atoms with Crippen LogP contribution < -0.4 is 10.1 Å². The summed E-state index contributed by atoms with van der Waals surface area (Å²) >= 11 is 1.09. The highest BCUT2D eigenvalue weighted by Gasteiger charge is 2.30. The topological polar surface area (TPSA) is 69.0 Å². The first-order valence-electron chi connectivity index (χ1n) is 8.40. The number of hydrogen-bond donors (Lipinski definition) is 1. The number of fused-ring (bicyclic) bond motifs is 1. The van der Waals surface area contributed by atoms with Gasteiger partial charge in [-0.3, -0.25) is 9.48 Å². The molecule has 2 aromatic heterocycles. The van der Waals surface area contributed by atoms with Crippen molar-refractivity contribution in [3.8, 4) is 5.75 Å². The van der Waals surface area contributed by atoms with Crippen molar-refractivity contribution < 1.29 is 27.1 Å². The van der Waals surface area contributed by atoms with E-state index in [-0.39, 0.29) is 29.0 Å². The standard InChI is InChI=1S/C17H14F4N4O2S/c18-15(19)11-6-12(8-1-2-8)25(24-11)7-14(26)23-17-22-10-4-3-9(27-16(20)21)5-13(10)28-17/h3-6,8,15-16H,1-2,7H2,(H,22,23,26). The number of rotatable bonds is 7. The van der Waals surface area contributed by atoms with Gasteiger partial charge in [0.1, 0.15) is 18.0 Å². The van der Waals surface area contributed by atoms with Crippen LogP contribution >= 0.6 is 11.3 Å². The molecule has 4 rings (SSSR count). The van der Waals surface area contributed by atoms with E-state index in [9.17, 15) is 22.4 Å². The van der Waals surface area contributed by atoms with Crippen LogP contribution in [0.25, 0.3) is 10.2 Å². The summed E-state index contributed by atoms with van der Waals surface area (Å²) < 4.78 is 56.6. The Hall–Kier alpha value is -2.69. The first-order valence-corrected chi connectivity index (χ1v) is 9.22. The molecule has 0 aliphatic heterocycles. The van der Waals surface area contributed by atoms with E-state index >= 15 is 0 Å². The van der Waals surface area contributed by atoms with Gasteiger partial charge in [0.15, 0.2) is 5.13 Å². The Labute approximate surface area is 160 Å². The second-order valence-corrected chi connectivity index (χ2v) is 7.33. The monoisotopic (exact) mass is 414 g/mol. The molecule has 1 aliphatic carbocycles. The van der Waals surface area contributed by atoms with Gasteiger partial charge >= 0.3 is 6.61 Å². The summed E-state index contributed by atoms with van der Waals surface area (Å²) in [4.78, 5) is 16.5. The molecule has 1 N–H and O–H groups in total. The van der Waals surface area contributed by atoms with Crippen LogP contribution in [0.3, 0.4) is 0 Å². The molecule has 11 heteroatoms. The molecular formula is C17H14F4N4O2S. The van der Waals surface area contributed by atoms with E-state index in [1.54, 1.807) is 0 Å². The largest absolute Gasteiger partial charge is 0.435 e. The Morgan fingerprint density at radius 1 is 1.29 bits per heavy atom. The highest BCUT2D eigenvalue weighted by molar-refractivity contribution is 7.22. The van der Waals surface area contributed by atoms with Gasteiger partial charge in [-0.25, -0.2) is 13.8 Å². The van der Waals surface area contributed by atoms with Crippen LogP contribution in [-0.4, -0.2) is 27.3 Å². The van der Waals surface area contributed by atoms with Crippen molar-refractivity contribution in [1.29, 1.82) is 0 Å². The third-order valence-corrected chi connectivity index (χ3v) is 5.11. The van der Waals surface area contributed by atoms with Gasteiger partial charge in [0.05, 0.1) is 10.2 Å². The zero-order chi connectivity index (χ0) is 19.8.